The summed E-state index contributed by atoms with van der Waals surface area (Å²) in [6, 6.07) is 22.7. The van der Waals surface area contributed by atoms with Crippen LogP contribution in [-0.2, 0) is 0 Å². The van der Waals surface area contributed by atoms with E-state index >= 15 is 0 Å². The van der Waals surface area contributed by atoms with Crippen LogP contribution in [0.5, 0.6) is 0 Å². The van der Waals surface area contributed by atoms with E-state index in [-0.39, 0.29) is 0 Å². The van der Waals surface area contributed by atoms with Crippen LogP contribution in [0.3, 0.4) is 0 Å². The van der Waals surface area contributed by atoms with Crippen LogP contribution < -0.4 is 0 Å². The number of nitrogens with zero attached hydrogens (tertiary/aromatic N) is 1. The second-order valence-corrected chi connectivity index (χ2v) is 5.22. The molecule has 0 fully saturated rings. The van der Waals surface area contributed by atoms with Gasteiger partial charge in [0, 0.05) is 16.2 Å². The van der Waals surface area contributed by atoms with Crippen LogP contribution in [0, 0.1) is 0 Å². The maximum Gasteiger partial charge on any atom is 0.0708 e. The molecule has 0 radical (unpaired) electrons. The lowest BCUT2D eigenvalue weighted by molar-refractivity contribution is 1.32. The average molecular weight is 340 g/mol. The van der Waals surface area contributed by atoms with Crippen LogP contribution in [0.15, 0.2) is 77.4 Å². The molecule has 0 unspecified atom stereocenters. The van der Waals surface area contributed by atoms with E-state index in [1.165, 1.54) is 11.1 Å². The lowest BCUT2D eigenvalue weighted by atomic mass is 10.0. The second-order valence-electron chi connectivity index (χ2n) is 4.31. The van der Waals surface area contributed by atoms with Gasteiger partial charge in [0.15, 0.2) is 0 Å². The number of hydrogen-bond acceptors (Lipinski definition) is 1. The number of halogens is 1. The lowest BCUT2D eigenvalue weighted by Crippen LogP contribution is -1.85. The number of benzene rings is 2. The summed E-state index contributed by atoms with van der Waals surface area (Å²) in [5, 5.41) is 0. The molecule has 21 heavy (non-hydrogen) atoms. The molecule has 1 heterocycles. The molecule has 3 rings (SSSR count). The number of hydrogen-bond donors (Lipinski definition) is 0. The van der Waals surface area contributed by atoms with E-state index in [9.17, 15) is 0 Å². The minimum absolute atomic E-state index is 0.989. The first-order valence-electron chi connectivity index (χ1n) is 7.10. The van der Waals surface area contributed by atoms with Crippen molar-refractivity contribution in [2.75, 3.05) is 0 Å². The molecular formula is C19H18BrN. The highest BCUT2D eigenvalue weighted by Crippen LogP contribution is 2.25. The zero-order valence-electron chi connectivity index (χ0n) is 12.3. The van der Waals surface area contributed by atoms with Crippen LogP contribution in [-0.4, -0.2) is 4.98 Å². The summed E-state index contributed by atoms with van der Waals surface area (Å²) < 4.78 is 1.07. The van der Waals surface area contributed by atoms with E-state index in [2.05, 4.69) is 63.4 Å². The Hall–Kier alpha value is -1.93. The van der Waals surface area contributed by atoms with Gasteiger partial charge < -0.3 is 0 Å². The van der Waals surface area contributed by atoms with Crippen molar-refractivity contribution in [1.29, 1.82) is 0 Å². The standard InChI is InChI=1S/C17H12BrN.C2H6/c18-16-8-4-7-15(11-16)17-12-14(9-10-19-17)13-5-2-1-3-6-13;1-2/h1-12H;1-2H3. The first kappa shape index (κ1) is 15.5. The van der Waals surface area contributed by atoms with Gasteiger partial charge in [0.2, 0.25) is 0 Å². The summed E-state index contributed by atoms with van der Waals surface area (Å²) in [7, 11) is 0. The molecule has 0 spiro atoms. The SMILES string of the molecule is Brc1cccc(-c2cc(-c3ccccc3)ccn2)c1.CC. The van der Waals surface area contributed by atoms with Gasteiger partial charge >= 0.3 is 0 Å². The van der Waals surface area contributed by atoms with Gasteiger partial charge in [-0.15, -0.1) is 0 Å². The van der Waals surface area contributed by atoms with Crippen LogP contribution in [0.4, 0.5) is 0 Å². The molecule has 106 valence electrons. The van der Waals surface area contributed by atoms with Gasteiger partial charge in [0.25, 0.3) is 0 Å². The minimum atomic E-state index is 0.989. The minimum Gasteiger partial charge on any atom is -0.256 e. The van der Waals surface area contributed by atoms with Gasteiger partial charge in [-0.05, 0) is 35.4 Å². The molecule has 0 N–H and O–H groups in total. The molecule has 0 bridgehead atoms. The van der Waals surface area contributed by atoms with Crippen molar-refractivity contribution in [2.45, 2.75) is 13.8 Å². The molecule has 0 amide bonds. The number of pyridine rings is 1. The van der Waals surface area contributed by atoms with E-state index < -0.39 is 0 Å². The van der Waals surface area contributed by atoms with Crippen LogP contribution in [0.25, 0.3) is 22.4 Å². The van der Waals surface area contributed by atoms with Crippen molar-refractivity contribution in [3.63, 3.8) is 0 Å². The Labute approximate surface area is 134 Å². The van der Waals surface area contributed by atoms with Crippen molar-refractivity contribution in [2.24, 2.45) is 0 Å². The molecule has 0 atom stereocenters. The highest BCUT2D eigenvalue weighted by atomic mass is 79.9. The van der Waals surface area contributed by atoms with Gasteiger partial charge in [-0.3, -0.25) is 4.98 Å². The van der Waals surface area contributed by atoms with Crippen LogP contribution in [0.1, 0.15) is 13.8 Å². The molecule has 0 aliphatic heterocycles. The zero-order valence-corrected chi connectivity index (χ0v) is 13.8. The van der Waals surface area contributed by atoms with Gasteiger partial charge in [0.1, 0.15) is 0 Å². The highest BCUT2D eigenvalue weighted by Gasteiger charge is 2.02. The monoisotopic (exact) mass is 339 g/mol. The van der Waals surface area contributed by atoms with Gasteiger partial charge in [-0.1, -0.05) is 72.2 Å². The topological polar surface area (TPSA) is 12.9 Å². The Kier molecular flexibility index (Phi) is 5.70. The number of rotatable bonds is 2. The normalized spacial score (nSPS) is 9.67. The Balaban J connectivity index is 0.000000774. The Morgan fingerprint density at radius 1 is 0.714 bits per heavy atom. The first-order valence-corrected chi connectivity index (χ1v) is 7.90. The maximum atomic E-state index is 4.46. The van der Waals surface area contributed by atoms with E-state index in [0.29, 0.717) is 0 Å². The summed E-state index contributed by atoms with van der Waals surface area (Å²) in [6.07, 6.45) is 1.86. The molecule has 2 aromatic carbocycles. The predicted octanol–water partition coefficient (Wildman–Crippen LogP) is 6.20. The molecule has 1 nitrogen and oxygen atoms in total. The third-order valence-corrected chi connectivity index (χ3v) is 3.48. The molecule has 1 aromatic heterocycles. The quantitative estimate of drug-likeness (QED) is 0.541. The fraction of sp³-hybridized carbons (Fsp3) is 0.105. The fourth-order valence-electron chi connectivity index (χ4n) is 2.05. The summed E-state index contributed by atoms with van der Waals surface area (Å²) >= 11 is 3.50. The summed E-state index contributed by atoms with van der Waals surface area (Å²) in [6.45, 7) is 4.00. The Bertz CT molecular complexity index is 693. The second kappa shape index (κ2) is 7.75. The summed E-state index contributed by atoms with van der Waals surface area (Å²) in [5.41, 5.74) is 4.50. The number of aromatic nitrogens is 1. The van der Waals surface area contributed by atoms with Crippen LogP contribution in [0.2, 0.25) is 0 Å². The van der Waals surface area contributed by atoms with E-state index in [0.717, 1.165) is 15.7 Å². The van der Waals surface area contributed by atoms with Crippen molar-refractivity contribution in [1.82, 2.24) is 4.98 Å². The molecule has 3 aromatic rings. The van der Waals surface area contributed by atoms with Gasteiger partial charge in [-0.25, -0.2) is 0 Å². The molecule has 0 saturated heterocycles. The Morgan fingerprint density at radius 2 is 1.43 bits per heavy atom. The van der Waals surface area contributed by atoms with E-state index in [4.69, 9.17) is 0 Å². The third-order valence-electron chi connectivity index (χ3n) is 2.99. The van der Waals surface area contributed by atoms with E-state index in [1.54, 1.807) is 0 Å². The third kappa shape index (κ3) is 4.02. The Morgan fingerprint density at radius 3 is 2.14 bits per heavy atom. The molecule has 0 aliphatic rings. The van der Waals surface area contributed by atoms with Gasteiger partial charge in [-0.2, -0.15) is 0 Å². The largest absolute Gasteiger partial charge is 0.256 e. The van der Waals surface area contributed by atoms with Crippen LogP contribution >= 0.6 is 15.9 Å². The fourth-order valence-corrected chi connectivity index (χ4v) is 2.45. The highest BCUT2D eigenvalue weighted by molar-refractivity contribution is 9.10. The zero-order chi connectivity index (χ0) is 15.1. The molecule has 0 aliphatic carbocycles. The molecular weight excluding hydrogens is 322 g/mol. The van der Waals surface area contributed by atoms with E-state index in [1.807, 2.05) is 44.3 Å². The smallest absolute Gasteiger partial charge is 0.0708 e. The summed E-state index contributed by atoms with van der Waals surface area (Å²) in [5.74, 6) is 0. The lowest BCUT2D eigenvalue weighted by Gasteiger charge is -2.05. The predicted molar refractivity (Wildman–Crippen MR) is 94.2 cm³/mol. The van der Waals surface area contributed by atoms with Crippen molar-refractivity contribution < 1.29 is 0 Å². The van der Waals surface area contributed by atoms with Crippen molar-refractivity contribution in [3.8, 4) is 22.4 Å². The average Bonchev–Trinajstić information content (AvgIpc) is 2.58. The molecule has 2 heteroatoms. The van der Waals surface area contributed by atoms with Gasteiger partial charge in [0.05, 0.1) is 5.69 Å². The first-order chi connectivity index (χ1) is 10.3. The maximum absolute atomic E-state index is 4.46. The summed E-state index contributed by atoms with van der Waals surface area (Å²) in [4.78, 5) is 4.46. The molecule has 0 saturated carbocycles. The van der Waals surface area contributed by atoms with Crippen molar-refractivity contribution in [3.05, 3.63) is 77.4 Å². The van der Waals surface area contributed by atoms with Crippen molar-refractivity contribution >= 4 is 15.9 Å².